The fourth-order valence-corrected chi connectivity index (χ4v) is 2.45. The van der Waals surface area contributed by atoms with Crippen molar-refractivity contribution in [1.29, 1.82) is 0 Å². The number of methoxy groups -OCH3 is 1. The van der Waals surface area contributed by atoms with Crippen LogP contribution in [0.4, 0.5) is 0 Å². The first-order valence-electron chi connectivity index (χ1n) is 6.08. The van der Waals surface area contributed by atoms with Crippen LogP contribution in [0, 0.1) is 0 Å². The highest BCUT2D eigenvalue weighted by atomic mass is 79.9. The van der Waals surface area contributed by atoms with E-state index in [4.69, 9.17) is 4.74 Å². The molecule has 1 atom stereocenters. The van der Waals surface area contributed by atoms with Crippen LogP contribution >= 0.6 is 15.9 Å². The molecular weight excluding hydrogens is 292 g/mol. The molecule has 2 nitrogen and oxygen atoms in total. The molecule has 0 spiro atoms. The van der Waals surface area contributed by atoms with Crippen LogP contribution in [0.3, 0.4) is 0 Å². The van der Waals surface area contributed by atoms with Crippen molar-refractivity contribution in [2.75, 3.05) is 7.11 Å². The number of ether oxygens (including phenoxy) is 1. The van der Waals surface area contributed by atoms with E-state index in [0.29, 0.717) is 6.42 Å². The first-order valence-corrected chi connectivity index (χ1v) is 6.87. The molecule has 1 aliphatic carbocycles. The van der Waals surface area contributed by atoms with Crippen molar-refractivity contribution in [3.8, 4) is 5.75 Å². The van der Waals surface area contributed by atoms with E-state index in [-0.39, 0.29) is 0 Å². The van der Waals surface area contributed by atoms with Crippen LogP contribution in [0.25, 0.3) is 0 Å². The quantitative estimate of drug-likeness (QED) is 0.920. The largest absolute Gasteiger partial charge is 0.497 e. The molecule has 0 aliphatic heterocycles. The minimum absolute atomic E-state index is 0.454. The van der Waals surface area contributed by atoms with Gasteiger partial charge < -0.3 is 9.84 Å². The molecule has 0 aromatic heterocycles. The molecule has 96 valence electrons. The van der Waals surface area contributed by atoms with E-state index < -0.39 is 6.10 Å². The van der Waals surface area contributed by atoms with Crippen LogP contribution in [0.1, 0.15) is 18.4 Å². The Morgan fingerprint density at radius 2 is 2.22 bits per heavy atom. The van der Waals surface area contributed by atoms with Crippen molar-refractivity contribution in [2.24, 2.45) is 0 Å². The van der Waals surface area contributed by atoms with Crippen LogP contribution in [0.2, 0.25) is 0 Å². The van der Waals surface area contributed by atoms with Crippen molar-refractivity contribution in [2.45, 2.75) is 25.4 Å². The van der Waals surface area contributed by atoms with E-state index >= 15 is 0 Å². The molecule has 1 aliphatic rings. The molecule has 0 saturated heterocycles. The van der Waals surface area contributed by atoms with Crippen molar-refractivity contribution >= 4 is 15.9 Å². The van der Waals surface area contributed by atoms with Gasteiger partial charge in [0.15, 0.2) is 0 Å². The summed E-state index contributed by atoms with van der Waals surface area (Å²) in [6.07, 6.45) is 8.46. The molecule has 18 heavy (non-hydrogen) atoms. The summed E-state index contributed by atoms with van der Waals surface area (Å²) in [7, 11) is 1.65. The summed E-state index contributed by atoms with van der Waals surface area (Å²) >= 11 is 3.51. The van der Waals surface area contributed by atoms with Crippen LogP contribution in [0.15, 0.2) is 46.5 Å². The Morgan fingerprint density at radius 3 is 2.89 bits per heavy atom. The highest BCUT2D eigenvalue weighted by Crippen LogP contribution is 2.25. The monoisotopic (exact) mass is 308 g/mol. The van der Waals surface area contributed by atoms with Gasteiger partial charge >= 0.3 is 0 Å². The van der Waals surface area contributed by atoms with Crippen LogP contribution in [-0.2, 0) is 6.42 Å². The smallest absolute Gasteiger partial charge is 0.119 e. The van der Waals surface area contributed by atoms with Gasteiger partial charge in [-0.3, -0.25) is 0 Å². The Morgan fingerprint density at radius 1 is 1.39 bits per heavy atom. The summed E-state index contributed by atoms with van der Waals surface area (Å²) < 4.78 is 6.21. The Kier molecular flexibility index (Phi) is 4.61. The lowest BCUT2D eigenvalue weighted by Gasteiger charge is -2.16. The van der Waals surface area contributed by atoms with Crippen molar-refractivity contribution in [3.05, 3.63) is 52.0 Å². The molecule has 1 aromatic carbocycles. The standard InChI is InChI=1S/C15H17BrO2/c1-18-13-7-8-14(16)12(9-13)10-15(17)11-5-3-2-4-6-11/h3,5-9,15,17H,2,4,10H2,1H3. The van der Waals surface area contributed by atoms with Crippen LogP contribution < -0.4 is 4.74 Å². The molecule has 0 bridgehead atoms. The van der Waals surface area contributed by atoms with Crippen molar-refractivity contribution in [3.63, 3.8) is 0 Å². The maximum absolute atomic E-state index is 10.2. The van der Waals surface area contributed by atoms with Gasteiger partial charge in [0.1, 0.15) is 5.75 Å². The Labute approximate surface area is 116 Å². The summed E-state index contributed by atoms with van der Waals surface area (Å²) in [4.78, 5) is 0. The van der Waals surface area contributed by atoms with Gasteiger partial charge in [-0.2, -0.15) is 0 Å². The third-order valence-corrected chi connectivity index (χ3v) is 3.85. The zero-order valence-corrected chi connectivity index (χ0v) is 12.0. The van der Waals surface area contributed by atoms with E-state index in [1.54, 1.807) is 7.11 Å². The van der Waals surface area contributed by atoms with Gasteiger partial charge in [-0.25, -0.2) is 0 Å². The third-order valence-electron chi connectivity index (χ3n) is 3.07. The molecule has 3 heteroatoms. The second kappa shape index (κ2) is 6.21. The van der Waals surface area contributed by atoms with Gasteiger partial charge in [-0.05, 0) is 42.2 Å². The van der Waals surface area contributed by atoms with E-state index in [1.165, 1.54) is 0 Å². The number of allylic oxidation sites excluding steroid dienone is 2. The fourth-order valence-electron chi connectivity index (χ4n) is 2.04. The lowest BCUT2D eigenvalue weighted by molar-refractivity contribution is 0.214. The molecule has 0 heterocycles. The maximum atomic E-state index is 10.2. The minimum Gasteiger partial charge on any atom is -0.497 e. The summed E-state index contributed by atoms with van der Waals surface area (Å²) in [5, 5.41) is 10.2. The van der Waals surface area contributed by atoms with E-state index in [1.807, 2.05) is 24.3 Å². The van der Waals surface area contributed by atoms with Crippen LogP contribution in [-0.4, -0.2) is 18.3 Å². The van der Waals surface area contributed by atoms with E-state index in [2.05, 4.69) is 28.1 Å². The lowest BCUT2D eigenvalue weighted by Crippen LogP contribution is -2.14. The molecule has 0 radical (unpaired) electrons. The predicted molar refractivity (Wildman–Crippen MR) is 76.9 cm³/mol. The number of hydrogen-bond donors (Lipinski definition) is 1. The number of rotatable bonds is 4. The second-order valence-electron chi connectivity index (χ2n) is 4.36. The molecule has 2 rings (SSSR count). The highest BCUT2D eigenvalue weighted by Gasteiger charge is 2.13. The SMILES string of the molecule is COc1ccc(Br)c(CC(O)C2=CCCC=C2)c1. The fraction of sp³-hybridized carbons (Fsp3) is 0.333. The molecule has 0 fully saturated rings. The van der Waals surface area contributed by atoms with Gasteiger partial charge in [0.2, 0.25) is 0 Å². The Bertz CT molecular complexity index is 477. The van der Waals surface area contributed by atoms with Crippen molar-refractivity contribution < 1.29 is 9.84 Å². The average Bonchev–Trinajstić information content (AvgIpc) is 2.42. The topological polar surface area (TPSA) is 29.5 Å². The van der Waals surface area contributed by atoms with Gasteiger partial charge in [0, 0.05) is 10.9 Å². The highest BCUT2D eigenvalue weighted by molar-refractivity contribution is 9.10. The Hall–Kier alpha value is -1.06. The molecule has 0 saturated carbocycles. The number of hydrogen-bond acceptors (Lipinski definition) is 2. The van der Waals surface area contributed by atoms with Gasteiger partial charge in [0.05, 0.1) is 13.2 Å². The Balaban J connectivity index is 2.13. The minimum atomic E-state index is -0.454. The second-order valence-corrected chi connectivity index (χ2v) is 5.22. The predicted octanol–water partition coefficient (Wildman–Crippen LogP) is 3.64. The number of benzene rings is 1. The molecule has 1 aromatic rings. The van der Waals surface area contributed by atoms with Gasteiger partial charge in [-0.15, -0.1) is 0 Å². The molecule has 0 amide bonds. The van der Waals surface area contributed by atoms with E-state index in [9.17, 15) is 5.11 Å². The molecule has 1 N–H and O–H groups in total. The summed E-state index contributed by atoms with van der Waals surface area (Å²) in [5.41, 5.74) is 2.07. The maximum Gasteiger partial charge on any atom is 0.119 e. The number of halogens is 1. The first kappa shape index (κ1) is 13.4. The lowest BCUT2D eigenvalue weighted by atomic mass is 9.97. The molecule has 1 unspecified atom stereocenters. The average molecular weight is 309 g/mol. The zero-order valence-electron chi connectivity index (χ0n) is 10.4. The molecular formula is C15H17BrO2. The summed E-state index contributed by atoms with van der Waals surface area (Å²) in [5.74, 6) is 0.813. The first-order chi connectivity index (χ1) is 8.70. The van der Waals surface area contributed by atoms with Crippen molar-refractivity contribution in [1.82, 2.24) is 0 Å². The normalized spacial score (nSPS) is 16.3. The van der Waals surface area contributed by atoms with Gasteiger partial charge in [-0.1, -0.05) is 34.2 Å². The zero-order chi connectivity index (χ0) is 13.0. The number of aliphatic hydroxyl groups is 1. The van der Waals surface area contributed by atoms with Gasteiger partial charge in [0.25, 0.3) is 0 Å². The summed E-state index contributed by atoms with van der Waals surface area (Å²) in [6, 6.07) is 5.81. The van der Waals surface area contributed by atoms with E-state index in [0.717, 1.165) is 34.2 Å². The van der Waals surface area contributed by atoms with Crippen LogP contribution in [0.5, 0.6) is 5.75 Å². The third kappa shape index (κ3) is 3.24. The number of aliphatic hydroxyl groups excluding tert-OH is 1. The summed E-state index contributed by atoms with van der Waals surface area (Å²) in [6.45, 7) is 0.